The molecule has 0 spiro atoms. The van der Waals surface area contributed by atoms with E-state index in [2.05, 4.69) is 28.1 Å². The maximum absolute atomic E-state index is 12.5. The molecule has 0 saturated heterocycles. The number of methoxy groups -OCH3 is 1. The van der Waals surface area contributed by atoms with Crippen LogP contribution in [0, 0.1) is 0 Å². The van der Waals surface area contributed by atoms with Crippen molar-refractivity contribution in [2.24, 2.45) is 0 Å². The van der Waals surface area contributed by atoms with Gasteiger partial charge >= 0.3 is 0 Å². The fourth-order valence-electron chi connectivity index (χ4n) is 2.85. The van der Waals surface area contributed by atoms with Gasteiger partial charge in [-0.05, 0) is 18.1 Å². The molecule has 0 atom stereocenters. The lowest BCUT2D eigenvalue weighted by molar-refractivity contribution is 0.0950. The van der Waals surface area contributed by atoms with Gasteiger partial charge < -0.3 is 14.6 Å². The SMILES string of the molecule is COCCCNC(=O)c1cn(Cc2ccccc2)c2ccccc12. The Morgan fingerprint density at radius 3 is 2.62 bits per heavy atom. The summed E-state index contributed by atoms with van der Waals surface area (Å²) >= 11 is 0. The Morgan fingerprint density at radius 1 is 1.08 bits per heavy atom. The summed E-state index contributed by atoms with van der Waals surface area (Å²) in [5.41, 5.74) is 3.01. The molecule has 0 saturated carbocycles. The van der Waals surface area contributed by atoms with E-state index in [1.807, 2.05) is 42.6 Å². The molecule has 24 heavy (non-hydrogen) atoms. The van der Waals surface area contributed by atoms with Crippen LogP contribution in [0.1, 0.15) is 22.3 Å². The van der Waals surface area contributed by atoms with Crippen molar-refractivity contribution in [2.45, 2.75) is 13.0 Å². The zero-order valence-corrected chi connectivity index (χ0v) is 13.9. The lowest BCUT2D eigenvalue weighted by Crippen LogP contribution is -2.25. The summed E-state index contributed by atoms with van der Waals surface area (Å²) < 4.78 is 7.15. The molecular formula is C20H22N2O2. The minimum Gasteiger partial charge on any atom is -0.385 e. The van der Waals surface area contributed by atoms with E-state index in [-0.39, 0.29) is 5.91 Å². The Balaban J connectivity index is 1.85. The van der Waals surface area contributed by atoms with Crippen molar-refractivity contribution < 1.29 is 9.53 Å². The third kappa shape index (κ3) is 3.66. The second-order valence-electron chi connectivity index (χ2n) is 5.78. The summed E-state index contributed by atoms with van der Waals surface area (Å²) in [5, 5.41) is 3.95. The molecule has 0 aliphatic heterocycles. The van der Waals surface area contributed by atoms with Crippen LogP contribution in [0.2, 0.25) is 0 Å². The van der Waals surface area contributed by atoms with E-state index in [0.717, 1.165) is 29.4 Å². The van der Waals surface area contributed by atoms with Gasteiger partial charge in [-0.25, -0.2) is 0 Å². The first-order chi connectivity index (χ1) is 11.8. The molecule has 1 amide bonds. The predicted octanol–water partition coefficient (Wildman–Crippen LogP) is 3.46. The summed E-state index contributed by atoms with van der Waals surface area (Å²) in [4.78, 5) is 12.5. The van der Waals surface area contributed by atoms with Crippen LogP contribution < -0.4 is 5.32 Å². The Hall–Kier alpha value is -2.59. The molecule has 4 nitrogen and oxygen atoms in total. The van der Waals surface area contributed by atoms with Crippen molar-refractivity contribution in [1.82, 2.24) is 9.88 Å². The van der Waals surface area contributed by atoms with Gasteiger partial charge in [-0.3, -0.25) is 4.79 Å². The van der Waals surface area contributed by atoms with Crippen LogP contribution in [0.5, 0.6) is 0 Å². The van der Waals surface area contributed by atoms with Gasteiger partial charge in [0.1, 0.15) is 0 Å². The van der Waals surface area contributed by atoms with Gasteiger partial charge in [0.05, 0.1) is 5.56 Å². The van der Waals surface area contributed by atoms with Crippen LogP contribution in [0.25, 0.3) is 10.9 Å². The van der Waals surface area contributed by atoms with Crippen LogP contribution in [0.4, 0.5) is 0 Å². The number of benzene rings is 2. The lowest BCUT2D eigenvalue weighted by atomic mass is 10.1. The zero-order valence-electron chi connectivity index (χ0n) is 13.9. The molecule has 3 aromatic rings. The molecule has 124 valence electrons. The minimum atomic E-state index is -0.0332. The number of carbonyl (C=O) groups excluding carboxylic acids is 1. The fourth-order valence-corrected chi connectivity index (χ4v) is 2.85. The maximum atomic E-state index is 12.5. The third-order valence-electron chi connectivity index (χ3n) is 4.04. The highest BCUT2D eigenvalue weighted by Gasteiger charge is 2.14. The number of nitrogens with one attached hydrogen (secondary N) is 1. The Labute approximate surface area is 142 Å². The molecule has 4 heteroatoms. The van der Waals surface area contributed by atoms with Gasteiger partial charge in [0, 0.05) is 43.9 Å². The second-order valence-corrected chi connectivity index (χ2v) is 5.78. The van der Waals surface area contributed by atoms with Crippen LogP contribution in [0.3, 0.4) is 0 Å². The van der Waals surface area contributed by atoms with Gasteiger partial charge in [-0.15, -0.1) is 0 Å². The Kier molecular flexibility index (Phi) is 5.29. The van der Waals surface area contributed by atoms with E-state index in [0.29, 0.717) is 13.2 Å². The van der Waals surface area contributed by atoms with E-state index < -0.39 is 0 Å². The van der Waals surface area contributed by atoms with E-state index in [9.17, 15) is 4.79 Å². The number of hydrogen-bond acceptors (Lipinski definition) is 2. The number of para-hydroxylation sites is 1. The van der Waals surface area contributed by atoms with Crippen LogP contribution >= 0.6 is 0 Å². The fraction of sp³-hybridized carbons (Fsp3) is 0.250. The summed E-state index contributed by atoms with van der Waals surface area (Å²) in [6.45, 7) is 2.01. The summed E-state index contributed by atoms with van der Waals surface area (Å²) in [6.07, 6.45) is 2.76. The Bertz CT molecular complexity index is 809. The average Bonchev–Trinajstić information content (AvgIpc) is 2.98. The molecule has 0 aliphatic carbocycles. The number of hydrogen-bond donors (Lipinski definition) is 1. The first-order valence-corrected chi connectivity index (χ1v) is 8.18. The van der Waals surface area contributed by atoms with E-state index >= 15 is 0 Å². The molecule has 0 unspecified atom stereocenters. The number of aromatic nitrogens is 1. The first-order valence-electron chi connectivity index (χ1n) is 8.18. The van der Waals surface area contributed by atoms with Gasteiger partial charge in [-0.2, -0.15) is 0 Å². The molecule has 1 aromatic heterocycles. The molecule has 0 aliphatic rings. The highest BCUT2D eigenvalue weighted by molar-refractivity contribution is 6.07. The molecule has 2 aromatic carbocycles. The largest absolute Gasteiger partial charge is 0.385 e. The third-order valence-corrected chi connectivity index (χ3v) is 4.04. The first kappa shape index (κ1) is 16.3. The Morgan fingerprint density at radius 2 is 1.83 bits per heavy atom. The number of fused-ring (bicyclic) bond motifs is 1. The normalized spacial score (nSPS) is 10.9. The van der Waals surface area contributed by atoms with Gasteiger partial charge in [0.2, 0.25) is 0 Å². The van der Waals surface area contributed by atoms with Crippen LogP contribution in [-0.2, 0) is 11.3 Å². The average molecular weight is 322 g/mol. The summed E-state index contributed by atoms with van der Waals surface area (Å²) in [6, 6.07) is 18.3. The standard InChI is InChI=1S/C20H22N2O2/c1-24-13-7-12-21-20(23)18-15-22(14-16-8-3-2-4-9-16)19-11-6-5-10-17(18)19/h2-6,8-11,15H,7,12-14H2,1H3,(H,21,23). The van der Waals surface area contributed by atoms with E-state index in [1.165, 1.54) is 5.56 Å². The lowest BCUT2D eigenvalue weighted by Gasteiger charge is -2.05. The highest BCUT2D eigenvalue weighted by atomic mass is 16.5. The van der Waals surface area contributed by atoms with E-state index in [1.54, 1.807) is 7.11 Å². The van der Waals surface area contributed by atoms with Crippen molar-refractivity contribution in [3.05, 3.63) is 71.9 Å². The molecule has 1 heterocycles. The summed E-state index contributed by atoms with van der Waals surface area (Å²) in [5.74, 6) is -0.0332. The number of amides is 1. The molecular weight excluding hydrogens is 300 g/mol. The quantitative estimate of drug-likeness (QED) is 0.677. The molecule has 0 bridgehead atoms. The predicted molar refractivity (Wildman–Crippen MR) is 96.3 cm³/mol. The number of nitrogens with zero attached hydrogens (tertiary/aromatic N) is 1. The van der Waals surface area contributed by atoms with Crippen LogP contribution in [0.15, 0.2) is 60.8 Å². The van der Waals surface area contributed by atoms with Gasteiger partial charge in [0.25, 0.3) is 5.91 Å². The number of ether oxygens (including phenoxy) is 1. The number of rotatable bonds is 7. The second kappa shape index (κ2) is 7.79. The highest BCUT2D eigenvalue weighted by Crippen LogP contribution is 2.22. The van der Waals surface area contributed by atoms with Crippen molar-refractivity contribution in [3.63, 3.8) is 0 Å². The zero-order chi connectivity index (χ0) is 16.8. The molecule has 1 N–H and O–H groups in total. The topological polar surface area (TPSA) is 43.3 Å². The number of carbonyl (C=O) groups is 1. The van der Waals surface area contributed by atoms with Crippen molar-refractivity contribution in [3.8, 4) is 0 Å². The van der Waals surface area contributed by atoms with Gasteiger partial charge in [-0.1, -0.05) is 48.5 Å². The maximum Gasteiger partial charge on any atom is 0.253 e. The van der Waals surface area contributed by atoms with Gasteiger partial charge in [0.15, 0.2) is 0 Å². The molecule has 3 rings (SSSR count). The molecule has 0 radical (unpaired) electrons. The van der Waals surface area contributed by atoms with Crippen molar-refractivity contribution in [2.75, 3.05) is 20.3 Å². The molecule has 0 fully saturated rings. The minimum absolute atomic E-state index is 0.0332. The van der Waals surface area contributed by atoms with Crippen molar-refractivity contribution in [1.29, 1.82) is 0 Å². The summed E-state index contributed by atoms with van der Waals surface area (Å²) in [7, 11) is 1.67. The monoisotopic (exact) mass is 322 g/mol. The van der Waals surface area contributed by atoms with Crippen LogP contribution in [-0.4, -0.2) is 30.7 Å². The van der Waals surface area contributed by atoms with Crippen molar-refractivity contribution >= 4 is 16.8 Å². The van der Waals surface area contributed by atoms with E-state index in [4.69, 9.17) is 4.74 Å². The smallest absolute Gasteiger partial charge is 0.253 e.